The Hall–Kier alpha value is -1.30. The highest BCUT2D eigenvalue weighted by Gasteiger charge is 2.13. The van der Waals surface area contributed by atoms with Crippen LogP contribution in [0, 0.1) is 0 Å². The molecule has 2 rings (SSSR count). The van der Waals surface area contributed by atoms with Gasteiger partial charge in [-0.05, 0) is 24.0 Å². The van der Waals surface area contributed by atoms with E-state index in [1.807, 2.05) is 19.4 Å². The van der Waals surface area contributed by atoms with Crippen molar-refractivity contribution >= 4 is 11.8 Å². The lowest BCUT2D eigenvalue weighted by Crippen LogP contribution is -2.28. The van der Waals surface area contributed by atoms with Gasteiger partial charge in [0.2, 0.25) is 0 Å². The van der Waals surface area contributed by atoms with Crippen LogP contribution < -0.4 is 11.3 Å². The summed E-state index contributed by atoms with van der Waals surface area (Å²) < 4.78 is 1.77. The summed E-state index contributed by atoms with van der Waals surface area (Å²) in [7, 11) is 1.90. The van der Waals surface area contributed by atoms with E-state index in [0.717, 1.165) is 11.1 Å². The topological polar surface area (TPSA) is 55.9 Å². The first-order chi connectivity index (χ1) is 8.24. The third kappa shape index (κ3) is 2.69. The summed E-state index contributed by atoms with van der Waals surface area (Å²) in [4.78, 5) is 1.25. The van der Waals surface area contributed by atoms with Gasteiger partial charge in [-0.3, -0.25) is 10.5 Å². The number of thioether (sulfide) groups is 1. The molecule has 4 nitrogen and oxygen atoms in total. The summed E-state index contributed by atoms with van der Waals surface area (Å²) in [5, 5.41) is 4.16. The van der Waals surface area contributed by atoms with Crippen molar-refractivity contribution in [1.29, 1.82) is 0 Å². The van der Waals surface area contributed by atoms with Crippen LogP contribution in [0.1, 0.15) is 17.2 Å². The predicted octanol–water partition coefficient (Wildman–Crippen LogP) is 1.69. The quantitative estimate of drug-likeness (QED) is 0.491. The fraction of sp³-hybridized carbons (Fsp3) is 0.250. The van der Waals surface area contributed by atoms with Crippen LogP contribution in [0.25, 0.3) is 0 Å². The number of aryl methyl sites for hydroxylation is 1. The Labute approximate surface area is 105 Å². The normalized spacial score (nSPS) is 12.6. The number of nitrogens with one attached hydrogen (secondary N) is 1. The molecule has 0 bridgehead atoms. The molecule has 1 aromatic carbocycles. The van der Waals surface area contributed by atoms with Crippen molar-refractivity contribution in [2.75, 3.05) is 6.26 Å². The number of nitrogens with two attached hydrogens (primary N) is 1. The molecule has 0 saturated heterocycles. The molecule has 0 aliphatic rings. The lowest BCUT2D eigenvalue weighted by Gasteiger charge is -2.14. The minimum absolute atomic E-state index is 0.0143. The maximum atomic E-state index is 5.62. The molecule has 5 heteroatoms. The Kier molecular flexibility index (Phi) is 3.83. The van der Waals surface area contributed by atoms with Gasteiger partial charge in [0.15, 0.2) is 0 Å². The molecule has 2 aromatic rings. The molecule has 1 aromatic heterocycles. The minimum Gasteiger partial charge on any atom is -0.275 e. The first-order valence-electron chi connectivity index (χ1n) is 5.33. The molecular weight excluding hydrogens is 232 g/mol. The lowest BCUT2D eigenvalue weighted by molar-refractivity contribution is 0.635. The average molecular weight is 248 g/mol. The van der Waals surface area contributed by atoms with Crippen molar-refractivity contribution in [1.82, 2.24) is 15.2 Å². The smallest absolute Gasteiger partial charge is 0.0740 e. The van der Waals surface area contributed by atoms with E-state index in [1.54, 1.807) is 16.4 Å². The number of hydrogen-bond acceptors (Lipinski definition) is 4. The van der Waals surface area contributed by atoms with Crippen molar-refractivity contribution in [3.05, 3.63) is 47.8 Å². The second kappa shape index (κ2) is 5.35. The van der Waals surface area contributed by atoms with E-state index in [0.29, 0.717) is 0 Å². The van der Waals surface area contributed by atoms with Gasteiger partial charge in [0, 0.05) is 23.7 Å². The molecule has 3 N–H and O–H groups in total. The van der Waals surface area contributed by atoms with Crippen LogP contribution >= 0.6 is 11.8 Å². The van der Waals surface area contributed by atoms with Crippen molar-refractivity contribution in [3.8, 4) is 0 Å². The highest BCUT2D eigenvalue weighted by molar-refractivity contribution is 7.98. The number of rotatable bonds is 4. The molecule has 0 radical (unpaired) electrons. The maximum Gasteiger partial charge on any atom is 0.0740 e. The standard InChI is InChI=1S/C12H16N4S/c1-16-8-10(7-14-16)12(15-13)9-3-5-11(17-2)6-4-9/h3-8,12,15H,13H2,1-2H3. The van der Waals surface area contributed by atoms with Crippen LogP contribution in [-0.2, 0) is 7.05 Å². The fourth-order valence-corrected chi connectivity index (χ4v) is 2.18. The number of benzene rings is 1. The number of hydrazine groups is 1. The van der Waals surface area contributed by atoms with Gasteiger partial charge in [0.25, 0.3) is 0 Å². The van der Waals surface area contributed by atoms with Gasteiger partial charge < -0.3 is 0 Å². The molecule has 0 saturated carbocycles. The van der Waals surface area contributed by atoms with Crippen molar-refractivity contribution in [3.63, 3.8) is 0 Å². The highest BCUT2D eigenvalue weighted by atomic mass is 32.2. The van der Waals surface area contributed by atoms with E-state index >= 15 is 0 Å². The Morgan fingerprint density at radius 3 is 2.47 bits per heavy atom. The Bertz CT molecular complexity index is 478. The predicted molar refractivity (Wildman–Crippen MR) is 70.6 cm³/mol. The van der Waals surface area contributed by atoms with Gasteiger partial charge >= 0.3 is 0 Å². The monoisotopic (exact) mass is 248 g/mol. The molecule has 1 unspecified atom stereocenters. The van der Waals surface area contributed by atoms with E-state index in [1.165, 1.54) is 4.90 Å². The summed E-state index contributed by atoms with van der Waals surface area (Å²) in [5.74, 6) is 5.62. The Balaban J connectivity index is 2.28. The van der Waals surface area contributed by atoms with Crippen LogP contribution in [0.3, 0.4) is 0 Å². The number of aromatic nitrogens is 2. The van der Waals surface area contributed by atoms with Crippen molar-refractivity contribution in [2.45, 2.75) is 10.9 Å². The molecular formula is C12H16N4S. The molecule has 1 heterocycles. The zero-order valence-corrected chi connectivity index (χ0v) is 10.7. The van der Waals surface area contributed by atoms with E-state index in [2.05, 4.69) is 41.0 Å². The van der Waals surface area contributed by atoms with Crippen LogP contribution in [-0.4, -0.2) is 16.0 Å². The summed E-state index contributed by atoms with van der Waals surface area (Å²) >= 11 is 1.73. The Morgan fingerprint density at radius 2 is 2.00 bits per heavy atom. The molecule has 17 heavy (non-hydrogen) atoms. The van der Waals surface area contributed by atoms with Crippen LogP contribution in [0.15, 0.2) is 41.6 Å². The summed E-state index contributed by atoms with van der Waals surface area (Å²) in [6.07, 6.45) is 5.86. The van der Waals surface area contributed by atoms with Gasteiger partial charge in [-0.1, -0.05) is 12.1 Å². The van der Waals surface area contributed by atoms with Crippen LogP contribution in [0.4, 0.5) is 0 Å². The summed E-state index contributed by atoms with van der Waals surface area (Å²) in [5.41, 5.74) is 5.02. The number of nitrogens with zero attached hydrogens (tertiary/aromatic N) is 2. The minimum atomic E-state index is -0.0143. The SMILES string of the molecule is CSc1ccc(C(NN)c2cnn(C)c2)cc1. The zero-order valence-electron chi connectivity index (χ0n) is 9.92. The van der Waals surface area contributed by atoms with E-state index in [9.17, 15) is 0 Å². The highest BCUT2D eigenvalue weighted by Crippen LogP contribution is 2.23. The largest absolute Gasteiger partial charge is 0.275 e. The molecule has 0 amide bonds. The summed E-state index contributed by atoms with van der Waals surface area (Å²) in [6.45, 7) is 0. The molecule has 0 spiro atoms. The number of hydrogen-bond donors (Lipinski definition) is 2. The maximum absolute atomic E-state index is 5.62. The average Bonchev–Trinajstić information content (AvgIpc) is 2.78. The fourth-order valence-electron chi connectivity index (χ4n) is 1.77. The van der Waals surface area contributed by atoms with Gasteiger partial charge in [0.1, 0.15) is 0 Å². The van der Waals surface area contributed by atoms with Crippen LogP contribution in [0.2, 0.25) is 0 Å². The first-order valence-corrected chi connectivity index (χ1v) is 6.55. The Morgan fingerprint density at radius 1 is 1.29 bits per heavy atom. The molecule has 0 aliphatic heterocycles. The lowest BCUT2D eigenvalue weighted by atomic mass is 10.0. The second-order valence-electron chi connectivity index (χ2n) is 3.82. The van der Waals surface area contributed by atoms with Crippen molar-refractivity contribution in [2.24, 2.45) is 12.9 Å². The van der Waals surface area contributed by atoms with Gasteiger partial charge in [-0.2, -0.15) is 5.10 Å². The third-order valence-electron chi connectivity index (χ3n) is 2.67. The first kappa shape index (κ1) is 12.2. The molecule has 0 aliphatic carbocycles. The van der Waals surface area contributed by atoms with Gasteiger partial charge in [-0.15, -0.1) is 11.8 Å². The molecule has 0 fully saturated rings. The van der Waals surface area contributed by atoms with Crippen molar-refractivity contribution < 1.29 is 0 Å². The van der Waals surface area contributed by atoms with Gasteiger partial charge in [-0.25, -0.2) is 5.43 Å². The second-order valence-corrected chi connectivity index (χ2v) is 4.70. The van der Waals surface area contributed by atoms with E-state index in [-0.39, 0.29) is 6.04 Å². The third-order valence-corrected chi connectivity index (χ3v) is 3.42. The molecule has 1 atom stereocenters. The van der Waals surface area contributed by atoms with E-state index in [4.69, 9.17) is 5.84 Å². The summed E-state index contributed by atoms with van der Waals surface area (Å²) in [6, 6.07) is 8.35. The van der Waals surface area contributed by atoms with Crippen LogP contribution in [0.5, 0.6) is 0 Å². The van der Waals surface area contributed by atoms with E-state index < -0.39 is 0 Å². The zero-order chi connectivity index (χ0) is 12.3. The van der Waals surface area contributed by atoms with Gasteiger partial charge in [0.05, 0.1) is 12.2 Å². The molecule has 90 valence electrons.